The van der Waals surface area contributed by atoms with Gasteiger partial charge in [-0.1, -0.05) is 152 Å². The van der Waals surface area contributed by atoms with Gasteiger partial charge in [-0.05, 0) is 51.3 Å². The lowest BCUT2D eigenvalue weighted by Gasteiger charge is -2.04. The third-order valence-electron chi connectivity index (χ3n) is 7.44. The maximum absolute atomic E-state index is 2.34. The lowest BCUT2D eigenvalue weighted by atomic mass is 10.1. The van der Waals surface area contributed by atoms with Crippen LogP contribution in [0.3, 0.4) is 0 Å². The normalized spacial score (nSPS) is 19.9. The number of rotatable bonds is 7. The summed E-state index contributed by atoms with van der Waals surface area (Å²) >= 11 is 0. The van der Waals surface area contributed by atoms with Crippen molar-refractivity contribution in [2.45, 2.75) is 0 Å². The minimum Gasteiger partial charge on any atom is -0.0622 e. The third-order valence-corrected chi connectivity index (χ3v) is 16.6. The highest BCUT2D eigenvalue weighted by atomic mass is 31.2. The molecule has 3 heterocycles. The van der Waals surface area contributed by atoms with Crippen LogP contribution >= 0.6 is 23.8 Å². The average molecular weight is 551 g/mol. The molecule has 0 nitrogen and oxygen atoms in total. The first kappa shape index (κ1) is 23.5. The molecular formula is C36H25P3. The van der Waals surface area contributed by atoms with Crippen molar-refractivity contribution in [3.05, 3.63) is 184 Å². The minimum atomic E-state index is -0.430. The largest absolute Gasteiger partial charge is 0.0622 e. The quantitative estimate of drug-likeness (QED) is 0.177. The van der Waals surface area contributed by atoms with Crippen LogP contribution in [0.4, 0.5) is 0 Å². The van der Waals surface area contributed by atoms with E-state index in [2.05, 4.69) is 152 Å². The Hall–Kier alpha value is -3.39. The summed E-state index contributed by atoms with van der Waals surface area (Å²) in [6.07, 6.45) is 0. The van der Waals surface area contributed by atoms with Gasteiger partial charge in [0.05, 0.1) is 0 Å². The molecule has 3 aliphatic heterocycles. The van der Waals surface area contributed by atoms with Gasteiger partial charge in [-0.3, -0.25) is 0 Å². The predicted molar refractivity (Wildman–Crippen MR) is 173 cm³/mol. The summed E-state index contributed by atoms with van der Waals surface area (Å²) in [4.78, 5) is 0. The fourth-order valence-electron chi connectivity index (χ4n) is 5.57. The van der Waals surface area contributed by atoms with Crippen molar-refractivity contribution in [1.29, 1.82) is 0 Å². The molecular weight excluding hydrogens is 525 g/mol. The second-order valence-electron chi connectivity index (χ2n) is 9.85. The Balaban J connectivity index is 1.26. The summed E-state index contributed by atoms with van der Waals surface area (Å²) < 4.78 is 0. The van der Waals surface area contributed by atoms with E-state index in [0.29, 0.717) is 0 Å². The Kier molecular flexibility index (Phi) is 5.82. The highest BCUT2D eigenvalue weighted by Crippen LogP contribution is 3.04. The van der Waals surface area contributed by atoms with Gasteiger partial charge in [-0.15, -0.1) is 0 Å². The fraction of sp³-hybridized carbons (Fsp3) is 0. The van der Waals surface area contributed by atoms with Crippen molar-refractivity contribution in [2.75, 3.05) is 0 Å². The summed E-state index contributed by atoms with van der Waals surface area (Å²) in [5, 5.41) is 11.4. The first-order valence-electron chi connectivity index (χ1n) is 13.3. The predicted octanol–water partition coefficient (Wildman–Crippen LogP) is 11.0. The van der Waals surface area contributed by atoms with Crippen LogP contribution in [0.15, 0.2) is 162 Å². The standard InChI is InChI=1S/C36H25P3/c1-6-16-26(17-7-1)31-32(27-18-8-2-9-19-27)38(31)36-34(29-22-12-4-13-23-29)39(36)35-33(28-20-10-3-11-21-28)37(35)30-24-14-5-15-25-30/h1-25H. The first-order chi connectivity index (χ1) is 19.4. The number of hydrogen-bond donors (Lipinski definition) is 0. The van der Waals surface area contributed by atoms with Gasteiger partial charge in [0, 0.05) is 31.4 Å². The van der Waals surface area contributed by atoms with Crippen LogP contribution < -0.4 is 5.30 Å². The molecule has 0 fully saturated rings. The molecule has 5 aromatic rings. The van der Waals surface area contributed by atoms with Gasteiger partial charge in [-0.2, -0.15) is 0 Å². The lowest BCUT2D eigenvalue weighted by molar-refractivity contribution is 1.65. The van der Waals surface area contributed by atoms with E-state index in [1.807, 2.05) is 0 Å². The molecule has 0 saturated carbocycles. The highest BCUT2D eigenvalue weighted by Gasteiger charge is 2.58. The van der Waals surface area contributed by atoms with Gasteiger partial charge < -0.3 is 0 Å². The maximum atomic E-state index is 2.34. The molecule has 5 aromatic carbocycles. The van der Waals surface area contributed by atoms with Crippen molar-refractivity contribution < 1.29 is 0 Å². The zero-order valence-electron chi connectivity index (χ0n) is 21.3. The molecule has 0 N–H and O–H groups in total. The molecule has 0 bridgehead atoms. The average Bonchev–Trinajstić information content (AvgIpc) is 3.93. The Bertz CT molecular complexity index is 1720. The minimum absolute atomic E-state index is 0.391. The van der Waals surface area contributed by atoms with Gasteiger partial charge in [0.15, 0.2) is 0 Å². The molecule has 0 amide bonds. The van der Waals surface area contributed by atoms with Gasteiger partial charge >= 0.3 is 0 Å². The summed E-state index contributed by atoms with van der Waals surface area (Å²) in [5.74, 6) is 0. The first-order valence-corrected chi connectivity index (χ1v) is 17.3. The monoisotopic (exact) mass is 550 g/mol. The van der Waals surface area contributed by atoms with Crippen LogP contribution in [-0.2, 0) is 0 Å². The number of hydrogen-bond acceptors (Lipinski definition) is 0. The molecule has 0 aliphatic carbocycles. The van der Waals surface area contributed by atoms with E-state index in [1.165, 1.54) is 27.6 Å². The second kappa shape index (κ2) is 9.66. The van der Waals surface area contributed by atoms with E-state index in [-0.39, 0.29) is 0 Å². The maximum Gasteiger partial charge on any atom is 0.00455 e. The van der Waals surface area contributed by atoms with Crippen LogP contribution in [-0.4, -0.2) is 0 Å². The van der Waals surface area contributed by atoms with Crippen LogP contribution in [0.1, 0.15) is 22.3 Å². The van der Waals surface area contributed by atoms with E-state index in [9.17, 15) is 0 Å². The molecule has 3 heteroatoms. The lowest BCUT2D eigenvalue weighted by Crippen LogP contribution is -1.91. The van der Waals surface area contributed by atoms with Crippen molar-refractivity contribution in [3.63, 3.8) is 0 Å². The van der Waals surface area contributed by atoms with Crippen LogP contribution in [0.2, 0.25) is 0 Å². The van der Waals surface area contributed by atoms with Crippen molar-refractivity contribution in [3.8, 4) is 0 Å². The zero-order chi connectivity index (χ0) is 25.8. The second-order valence-corrected chi connectivity index (χ2v) is 16.7. The van der Waals surface area contributed by atoms with E-state index >= 15 is 0 Å². The molecule has 0 spiro atoms. The zero-order valence-corrected chi connectivity index (χ0v) is 24.0. The Morgan fingerprint density at radius 3 is 0.974 bits per heavy atom. The molecule has 8 rings (SSSR count). The molecule has 2 atom stereocenters. The van der Waals surface area contributed by atoms with Crippen molar-refractivity contribution >= 4 is 50.3 Å². The molecule has 0 radical (unpaired) electrons. The van der Waals surface area contributed by atoms with Crippen molar-refractivity contribution in [2.24, 2.45) is 0 Å². The van der Waals surface area contributed by atoms with Crippen LogP contribution in [0.5, 0.6) is 0 Å². The van der Waals surface area contributed by atoms with E-state index < -0.39 is 23.8 Å². The molecule has 184 valence electrons. The molecule has 39 heavy (non-hydrogen) atoms. The number of benzene rings is 5. The highest BCUT2D eigenvalue weighted by molar-refractivity contribution is 8.16. The summed E-state index contributed by atoms with van der Waals surface area (Å²) in [7, 11) is -1.23. The van der Waals surface area contributed by atoms with Gasteiger partial charge in [0.1, 0.15) is 0 Å². The Morgan fingerprint density at radius 2 is 0.564 bits per heavy atom. The summed E-state index contributed by atoms with van der Waals surface area (Å²) in [5.41, 5.74) is 5.61. The van der Waals surface area contributed by atoms with Crippen molar-refractivity contribution in [1.82, 2.24) is 0 Å². The van der Waals surface area contributed by atoms with Gasteiger partial charge in [0.25, 0.3) is 0 Å². The summed E-state index contributed by atoms with van der Waals surface area (Å²) in [6, 6.07) is 55.8. The molecule has 2 unspecified atom stereocenters. The smallest absolute Gasteiger partial charge is 0.00455 e. The molecule has 3 aliphatic rings. The van der Waals surface area contributed by atoms with Crippen LogP contribution in [0, 0.1) is 0 Å². The van der Waals surface area contributed by atoms with E-state index in [0.717, 1.165) is 0 Å². The topological polar surface area (TPSA) is 0 Å². The fourth-order valence-corrected chi connectivity index (χ4v) is 16.8. The van der Waals surface area contributed by atoms with Gasteiger partial charge in [0.2, 0.25) is 0 Å². The van der Waals surface area contributed by atoms with E-state index in [4.69, 9.17) is 0 Å². The SMILES string of the molecule is c1ccc(C2=C(c3ccccc3)P2C2=C(c3ccccc3)P2C2=C(c3ccccc3)P2c2ccccc2)cc1. The van der Waals surface area contributed by atoms with E-state index in [1.54, 1.807) is 31.4 Å². The Morgan fingerprint density at radius 1 is 0.256 bits per heavy atom. The molecule has 0 saturated heterocycles. The Labute approximate surface area is 233 Å². The summed E-state index contributed by atoms with van der Waals surface area (Å²) in [6.45, 7) is 0. The third kappa shape index (κ3) is 4.11. The van der Waals surface area contributed by atoms with Gasteiger partial charge in [-0.25, -0.2) is 0 Å². The van der Waals surface area contributed by atoms with Crippen LogP contribution in [0.25, 0.3) is 21.3 Å². The molecule has 0 aromatic heterocycles.